The number of guanidine groups is 1. The van der Waals surface area contributed by atoms with Crippen LogP contribution in [0.1, 0.15) is 124 Å². The number of hydrogen-bond acceptors (Lipinski definition) is 20. The van der Waals surface area contributed by atoms with E-state index in [1.54, 1.807) is 18.6 Å². The lowest BCUT2D eigenvalue weighted by Crippen LogP contribution is -2.51. The summed E-state index contributed by atoms with van der Waals surface area (Å²) >= 11 is 0. The molecule has 26 nitrogen and oxygen atoms in total. The third-order valence-electron chi connectivity index (χ3n) is 9.87. The van der Waals surface area contributed by atoms with Gasteiger partial charge in [0.05, 0.1) is 34.5 Å². The van der Waals surface area contributed by atoms with Crippen LogP contribution in [-0.2, 0) is 47.9 Å². The van der Waals surface area contributed by atoms with E-state index in [0.717, 1.165) is 77.0 Å². The SMILES string of the molecule is CCCCC/C=N\NC(=O)CSSCC(=O)NCCNC(=O)CC[C@H](N=C(N)N)C(=O)N[C@@H](CCC(=O)NCCNC(=O)CSSCC(=O)N/N=C\CCCCC)C(=O)NCCNC(=O)CSSCC(=O)N/N=C\CCCCC. The van der Waals surface area contributed by atoms with Crippen LogP contribution in [0.25, 0.3) is 0 Å². The summed E-state index contributed by atoms with van der Waals surface area (Å²) in [7, 11) is 7.12. The Balaban J connectivity index is 5.18. The zero-order chi connectivity index (χ0) is 58.6. The number of carbonyl (C=O) groups excluding carboxylic acids is 10. The van der Waals surface area contributed by atoms with Gasteiger partial charge in [0.25, 0.3) is 17.7 Å². The van der Waals surface area contributed by atoms with Crippen molar-refractivity contribution >= 4 is 148 Å². The van der Waals surface area contributed by atoms with Crippen LogP contribution in [-0.4, -0.2) is 170 Å². The van der Waals surface area contributed by atoms with Gasteiger partial charge in [-0.15, -0.1) is 0 Å². The molecular weight excluding hydrogens is 1140 g/mol. The Labute approximate surface area is 488 Å². The van der Waals surface area contributed by atoms with Crippen molar-refractivity contribution < 1.29 is 47.9 Å². The zero-order valence-electron chi connectivity index (χ0n) is 45.7. The number of amides is 10. The normalized spacial score (nSPS) is 11.8. The van der Waals surface area contributed by atoms with Gasteiger partial charge in [0.15, 0.2) is 5.96 Å². The highest BCUT2D eigenvalue weighted by molar-refractivity contribution is 8.77. The van der Waals surface area contributed by atoms with E-state index in [2.05, 4.69) is 94.6 Å². The second kappa shape index (κ2) is 52.5. The van der Waals surface area contributed by atoms with Gasteiger partial charge < -0.3 is 48.7 Å². The van der Waals surface area contributed by atoms with Crippen molar-refractivity contribution in [3.63, 3.8) is 0 Å². The van der Waals surface area contributed by atoms with E-state index >= 15 is 0 Å². The average Bonchev–Trinajstić information content (AvgIpc) is 3.42. The molecule has 0 rings (SSSR count). The average molecular weight is 1230 g/mol. The quantitative estimate of drug-likeness (QED) is 0.0135. The van der Waals surface area contributed by atoms with Crippen molar-refractivity contribution in [3.8, 4) is 0 Å². The smallest absolute Gasteiger partial charge is 0.250 e. The van der Waals surface area contributed by atoms with Crippen LogP contribution in [0.4, 0.5) is 0 Å². The maximum atomic E-state index is 13.6. The largest absolute Gasteiger partial charge is 0.370 e. The Morgan fingerprint density at radius 2 is 0.722 bits per heavy atom. The van der Waals surface area contributed by atoms with Gasteiger partial charge in [-0.05, 0) is 51.4 Å². The van der Waals surface area contributed by atoms with E-state index in [1.165, 1.54) is 64.8 Å². The van der Waals surface area contributed by atoms with Gasteiger partial charge in [-0.1, -0.05) is 124 Å². The lowest BCUT2D eigenvalue weighted by molar-refractivity contribution is -0.130. The first kappa shape index (κ1) is 74.1. The van der Waals surface area contributed by atoms with Crippen LogP contribution in [0, 0.1) is 0 Å². The predicted octanol–water partition coefficient (Wildman–Crippen LogP) is 1.56. The highest BCUT2D eigenvalue weighted by Crippen LogP contribution is 2.21. The summed E-state index contributed by atoms with van der Waals surface area (Å²) < 4.78 is 0. The maximum Gasteiger partial charge on any atom is 0.250 e. The van der Waals surface area contributed by atoms with E-state index in [0.29, 0.717) is 0 Å². The van der Waals surface area contributed by atoms with E-state index in [1.807, 2.05) is 0 Å². The number of nitrogens with two attached hydrogens (primary N) is 2. The molecule has 0 bridgehead atoms. The molecule has 448 valence electrons. The molecule has 0 aliphatic carbocycles. The first-order chi connectivity index (χ1) is 38.1. The summed E-state index contributed by atoms with van der Waals surface area (Å²) in [5.74, 6) is -4.36. The van der Waals surface area contributed by atoms with E-state index in [-0.39, 0.29) is 135 Å². The van der Waals surface area contributed by atoms with E-state index in [4.69, 9.17) is 11.5 Å². The molecule has 0 spiro atoms. The summed E-state index contributed by atoms with van der Waals surface area (Å²) in [5, 5.41) is 30.2. The Morgan fingerprint density at radius 1 is 0.405 bits per heavy atom. The number of unbranched alkanes of at least 4 members (excludes halogenated alkanes) is 9. The van der Waals surface area contributed by atoms with Crippen molar-refractivity contribution in [1.82, 2.24) is 53.5 Å². The topological polar surface area (TPSA) is 392 Å². The minimum absolute atomic E-state index is 0.0139. The predicted molar refractivity (Wildman–Crippen MR) is 325 cm³/mol. The molecule has 0 fully saturated rings. The fourth-order valence-corrected chi connectivity index (χ4v) is 10.9. The monoisotopic (exact) mass is 1220 g/mol. The molecule has 10 amide bonds. The molecule has 14 N–H and O–H groups in total. The number of hydrogen-bond donors (Lipinski definition) is 12. The molecule has 0 heterocycles. The Hall–Kier alpha value is -4.92. The highest BCUT2D eigenvalue weighted by Gasteiger charge is 2.27. The summed E-state index contributed by atoms with van der Waals surface area (Å²) in [6.07, 6.45) is 16.0. The van der Waals surface area contributed by atoms with Crippen LogP contribution in [0.3, 0.4) is 0 Å². The molecule has 0 aromatic heterocycles. The van der Waals surface area contributed by atoms with E-state index in [9.17, 15) is 47.9 Å². The van der Waals surface area contributed by atoms with Crippen LogP contribution < -0.4 is 65.0 Å². The maximum absolute atomic E-state index is 13.6. The molecule has 0 saturated carbocycles. The van der Waals surface area contributed by atoms with Gasteiger partial charge in [-0.25, -0.2) is 21.3 Å². The minimum atomic E-state index is -1.32. The summed E-state index contributed by atoms with van der Waals surface area (Å²) in [5.41, 5.74) is 18.6. The van der Waals surface area contributed by atoms with Gasteiger partial charge in [0, 0.05) is 70.8 Å². The second-order valence-corrected chi connectivity index (χ2v) is 24.2. The molecule has 32 heteroatoms. The van der Waals surface area contributed by atoms with Gasteiger partial charge >= 0.3 is 0 Å². The van der Waals surface area contributed by atoms with Crippen LogP contribution in [0.15, 0.2) is 20.3 Å². The van der Waals surface area contributed by atoms with Gasteiger partial charge in [-0.2, -0.15) is 15.3 Å². The molecule has 79 heavy (non-hydrogen) atoms. The lowest BCUT2D eigenvalue weighted by atomic mass is 10.1. The van der Waals surface area contributed by atoms with E-state index < -0.39 is 41.7 Å². The number of nitrogens with zero attached hydrogens (tertiary/aromatic N) is 4. The van der Waals surface area contributed by atoms with Crippen molar-refractivity contribution in [1.29, 1.82) is 0 Å². The number of nitrogens with one attached hydrogen (secondary N) is 10. The highest BCUT2D eigenvalue weighted by atomic mass is 33.1. The molecule has 0 saturated heterocycles. The van der Waals surface area contributed by atoms with Crippen LogP contribution in [0.5, 0.6) is 0 Å². The van der Waals surface area contributed by atoms with Crippen molar-refractivity contribution in [2.24, 2.45) is 31.8 Å². The minimum Gasteiger partial charge on any atom is -0.370 e. The Kier molecular flexibility index (Phi) is 49.2. The molecule has 0 aliphatic heterocycles. The third kappa shape index (κ3) is 48.7. The lowest BCUT2D eigenvalue weighted by Gasteiger charge is -2.21. The molecule has 0 aromatic rings. The zero-order valence-corrected chi connectivity index (χ0v) is 50.6. The summed E-state index contributed by atoms with van der Waals surface area (Å²) in [6.45, 7) is 6.58. The Bertz CT molecular complexity index is 1940. The number of aliphatic imine (C=N–C) groups is 1. The fraction of sp³-hybridized carbons (Fsp3) is 0.702. The summed E-state index contributed by atoms with van der Waals surface area (Å²) in [4.78, 5) is 130. The molecule has 0 aromatic carbocycles. The second-order valence-electron chi connectivity index (χ2n) is 16.8. The van der Waals surface area contributed by atoms with Crippen molar-refractivity contribution in [2.75, 3.05) is 73.8 Å². The molecule has 0 radical (unpaired) electrons. The van der Waals surface area contributed by atoms with Crippen molar-refractivity contribution in [3.05, 3.63) is 0 Å². The first-order valence-electron chi connectivity index (χ1n) is 26.3. The van der Waals surface area contributed by atoms with Gasteiger partial charge in [0.1, 0.15) is 12.1 Å². The standard InChI is InChI=1S/C47H84N16O10S6/c1-4-7-10-13-20-56-61-42(69)32-77-74-29-39(66)52-25-23-50-37(64)18-16-35(45(72)55-28-27-54-41(68)31-76-79-34-44(71)63-58-22-15-12-9-6-3)59-46(73)36(60-47(48)49)17-19-38(65)51-24-26-53-40(67)30-75-78-33-43(70)62-57-21-14-11-8-5-2/h20-22,35-36H,4-19,23-34H2,1-3H3,(H,50,64)(H,51,65)(H,52,66)(H,53,67)(H,54,68)(H,55,72)(H,59,73)(H,61,69)(H,62,70)(H,63,71)(H4,48,49,60)/b56-20-,57-21-,58-22-/t35-,36-/m0/s1. The first-order valence-corrected chi connectivity index (χ1v) is 33.7. The van der Waals surface area contributed by atoms with Crippen LogP contribution >= 0.6 is 64.8 Å². The van der Waals surface area contributed by atoms with Gasteiger partial charge in [0.2, 0.25) is 41.4 Å². The molecule has 0 aliphatic rings. The number of hydrazone groups is 3. The molecule has 0 unspecified atom stereocenters. The molecular formula is C47H84N16O10S6. The number of carbonyl (C=O) groups is 10. The fourth-order valence-electron chi connectivity index (χ4n) is 5.83. The molecule has 2 atom stereocenters. The number of rotatable bonds is 49. The summed E-state index contributed by atoms with van der Waals surface area (Å²) in [6, 6.07) is -2.63. The third-order valence-corrected chi connectivity index (χ3v) is 16.3. The van der Waals surface area contributed by atoms with Gasteiger partial charge in [-0.3, -0.25) is 47.9 Å². The van der Waals surface area contributed by atoms with Crippen LogP contribution in [0.2, 0.25) is 0 Å². The van der Waals surface area contributed by atoms with Crippen molar-refractivity contribution in [2.45, 2.75) is 136 Å². The Morgan fingerprint density at radius 3 is 1.06 bits per heavy atom.